The third-order valence-electron chi connectivity index (χ3n) is 20.8. The van der Waals surface area contributed by atoms with Gasteiger partial charge >= 0.3 is 29.6 Å². The van der Waals surface area contributed by atoms with Gasteiger partial charge < -0.3 is 49.2 Å². The first-order chi connectivity index (χ1) is 56.8. The average molecular weight is 1810 g/mol. The van der Waals surface area contributed by atoms with Crippen molar-refractivity contribution in [2.45, 2.75) is 177 Å². The molecular formula is C103H127Cl2NaO16S3. The number of aliphatic hydroxyl groups is 1. The van der Waals surface area contributed by atoms with Gasteiger partial charge in [0.15, 0.2) is 0 Å². The van der Waals surface area contributed by atoms with Crippen molar-refractivity contribution < 1.29 is 104 Å². The number of hydrogen-bond acceptors (Lipinski definition) is 16. The van der Waals surface area contributed by atoms with Gasteiger partial charge in [0.1, 0.15) is 46.0 Å². The van der Waals surface area contributed by atoms with Crippen LogP contribution in [0.2, 0.25) is 0 Å². The molecule has 0 unspecified atom stereocenters. The fourth-order valence-corrected chi connectivity index (χ4v) is 17.2. The summed E-state index contributed by atoms with van der Waals surface area (Å²) in [6, 6.07) is 80.7. The molecule has 0 aromatic heterocycles. The Labute approximate surface area is 780 Å². The summed E-state index contributed by atoms with van der Waals surface area (Å²) in [7, 11) is -3.20. The van der Waals surface area contributed by atoms with Crippen LogP contribution in [0.15, 0.2) is 296 Å². The van der Waals surface area contributed by atoms with Crippen LogP contribution in [0.3, 0.4) is 0 Å². The van der Waals surface area contributed by atoms with Crippen molar-refractivity contribution in [1.82, 2.24) is 0 Å². The SMILES string of the molecule is C.C.C.C.C.CO.COCCOCc1cc(C(C)(C)c2ccc(Oc3ccc(S(=O)(=O)c4ccc(C)cc4)cc3)c(COCCOC)c2)ccc1OC.COc1ccc(C(C)(C)c2ccc(Oc3ccc(S(=O)(=O)c4ccc(C)cc4)cc3)cc2)cc1.Cc1ccc(S(=O)(=O)c2ccc(Oc3ccc(C(C)(C)c4ccc(C)c(CCl)c4)cc3CCl)cc2)cc1.[H-].[Na+]. The van der Waals surface area contributed by atoms with Crippen LogP contribution in [0.25, 0.3) is 0 Å². The van der Waals surface area contributed by atoms with Crippen molar-refractivity contribution in [2.75, 3.05) is 62.0 Å². The summed E-state index contributed by atoms with van der Waals surface area (Å²) in [5.41, 5.74) is 14.0. The second kappa shape index (κ2) is 50.4. The molecule has 0 amide bonds. The molecule has 0 spiro atoms. The number of hydrogen-bond donors (Lipinski definition) is 1. The van der Waals surface area contributed by atoms with E-state index >= 15 is 0 Å². The number of aliphatic hydroxyl groups excluding tert-OH is 1. The zero-order chi connectivity index (χ0) is 86.3. The maximum atomic E-state index is 13.1. The number of rotatable bonds is 32. The zero-order valence-corrected chi connectivity index (χ0v) is 77.1. The molecule has 22 heteroatoms. The fraction of sp³-hybridized carbons (Fsp3) is 0.301. The molecule has 0 fully saturated rings. The number of benzene rings is 12. The van der Waals surface area contributed by atoms with Crippen molar-refractivity contribution in [3.63, 3.8) is 0 Å². The first kappa shape index (κ1) is 110. The van der Waals surface area contributed by atoms with Crippen LogP contribution < -0.4 is 53.2 Å². The van der Waals surface area contributed by atoms with Crippen molar-refractivity contribution in [3.8, 4) is 46.0 Å². The predicted octanol–water partition coefficient (Wildman–Crippen LogP) is 22.9. The molecule has 0 saturated heterocycles. The van der Waals surface area contributed by atoms with Crippen LogP contribution in [0.1, 0.15) is 158 Å². The Hall–Kier alpha value is -9.13. The van der Waals surface area contributed by atoms with Gasteiger partial charge in [-0.2, -0.15) is 0 Å². The number of halogens is 2. The molecule has 0 heterocycles. The minimum Gasteiger partial charge on any atom is -1.00 e. The second-order valence-corrected chi connectivity index (χ2v) is 36.4. The van der Waals surface area contributed by atoms with Crippen molar-refractivity contribution in [1.29, 1.82) is 0 Å². The van der Waals surface area contributed by atoms with E-state index in [0.29, 0.717) is 80.0 Å². The Morgan fingerprint density at radius 3 is 0.856 bits per heavy atom. The van der Waals surface area contributed by atoms with Crippen molar-refractivity contribution in [2.24, 2.45) is 0 Å². The largest absolute Gasteiger partial charge is 1.00 e. The zero-order valence-electron chi connectivity index (χ0n) is 72.1. The number of sulfone groups is 3. The molecule has 668 valence electrons. The summed E-state index contributed by atoms with van der Waals surface area (Å²) >= 11 is 12.5. The molecule has 0 saturated carbocycles. The summed E-state index contributed by atoms with van der Waals surface area (Å²) in [6.07, 6.45) is 0. The Kier molecular flexibility index (Phi) is 44.4. The van der Waals surface area contributed by atoms with E-state index < -0.39 is 29.5 Å². The van der Waals surface area contributed by atoms with Crippen LogP contribution in [0.4, 0.5) is 0 Å². The molecule has 125 heavy (non-hydrogen) atoms. The molecule has 0 aliphatic rings. The van der Waals surface area contributed by atoms with E-state index in [2.05, 4.69) is 115 Å². The van der Waals surface area contributed by atoms with Gasteiger partial charge in [-0.05, 0) is 242 Å². The summed E-state index contributed by atoms with van der Waals surface area (Å²) in [4.78, 5) is 1.45. The maximum Gasteiger partial charge on any atom is 1.00 e. The van der Waals surface area contributed by atoms with Crippen LogP contribution in [-0.4, -0.2) is 92.3 Å². The first-order valence-electron chi connectivity index (χ1n) is 38.6. The van der Waals surface area contributed by atoms with Gasteiger partial charge in [-0.3, -0.25) is 0 Å². The molecule has 12 aromatic rings. The third kappa shape index (κ3) is 28.4. The summed E-state index contributed by atoms with van der Waals surface area (Å²) in [6.45, 7) is 23.5. The Morgan fingerprint density at radius 1 is 0.296 bits per heavy atom. The van der Waals surface area contributed by atoms with Crippen molar-refractivity contribution >= 4 is 52.7 Å². The fourth-order valence-electron chi connectivity index (χ4n) is 12.9. The second-order valence-electron chi connectivity index (χ2n) is 30.0. The van der Waals surface area contributed by atoms with E-state index in [1.54, 1.807) is 174 Å². The van der Waals surface area contributed by atoms with Gasteiger partial charge in [0.05, 0.1) is 89.1 Å². The van der Waals surface area contributed by atoms with Gasteiger partial charge in [-0.25, -0.2) is 25.3 Å². The number of alkyl halides is 2. The van der Waals surface area contributed by atoms with E-state index in [-0.39, 0.29) is 120 Å². The minimum atomic E-state index is -3.64. The molecule has 12 aromatic carbocycles. The van der Waals surface area contributed by atoms with Gasteiger partial charge in [0.25, 0.3) is 0 Å². The molecule has 0 aliphatic heterocycles. The molecule has 0 atom stereocenters. The Balaban J connectivity index is 0.000000623. The maximum absolute atomic E-state index is 13.1. The van der Waals surface area contributed by atoms with E-state index in [9.17, 15) is 25.3 Å². The van der Waals surface area contributed by atoms with Crippen molar-refractivity contribution in [3.05, 3.63) is 345 Å². The predicted molar refractivity (Wildman–Crippen MR) is 507 cm³/mol. The quantitative estimate of drug-likeness (QED) is 0.0236. The van der Waals surface area contributed by atoms with Gasteiger partial charge in [-0.15, -0.1) is 23.2 Å². The van der Waals surface area contributed by atoms with Crippen LogP contribution in [-0.2, 0) is 89.7 Å². The van der Waals surface area contributed by atoms with Crippen LogP contribution in [0.5, 0.6) is 46.0 Å². The van der Waals surface area contributed by atoms with E-state index in [1.165, 1.54) is 16.7 Å². The van der Waals surface area contributed by atoms with Gasteiger partial charge in [-0.1, -0.05) is 192 Å². The molecule has 0 radical (unpaired) electrons. The molecular weight excluding hydrogens is 1680 g/mol. The summed E-state index contributed by atoms with van der Waals surface area (Å²) < 4.78 is 129. The van der Waals surface area contributed by atoms with E-state index in [0.717, 1.165) is 79.8 Å². The first-order valence-corrected chi connectivity index (χ1v) is 44.2. The molecule has 12 rings (SSSR count). The molecule has 0 bridgehead atoms. The normalized spacial score (nSPS) is 11.2. The Morgan fingerprint density at radius 2 is 0.544 bits per heavy atom. The smallest absolute Gasteiger partial charge is 1.00 e. The van der Waals surface area contributed by atoms with Gasteiger partial charge in [0.2, 0.25) is 29.5 Å². The van der Waals surface area contributed by atoms with Crippen LogP contribution >= 0.6 is 23.2 Å². The number of methoxy groups -OCH3 is 4. The van der Waals surface area contributed by atoms with Crippen LogP contribution in [0, 0.1) is 27.7 Å². The third-order valence-corrected chi connectivity index (χ3v) is 26.7. The average Bonchev–Trinajstić information content (AvgIpc) is 0.803. The summed E-state index contributed by atoms with van der Waals surface area (Å²) in [5.74, 6) is 5.91. The number of ether oxygens (including phenoxy) is 9. The van der Waals surface area contributed by atoms with E-state index in [1.807, 2.05) is 75.4 Å². The Bertz CT molecular complexity index is 5670. The minimum absolute atomic E-state index is 0. The van der Waals surface area contributed by atoms with E-state index in [4.69, 9.17) is 70.9 Å². The monoisotopic (exact) mass is 1810 g/mol. The van der Waals surface area contributed by atoms with Gasteiger partial charge in [0, 0.05) is 60.1 Å². The number of aryl methyl sites for hydroxylation is 4. The topological polar surface area (TPSA) is 206 Å². The molecule has 1 N–H and O–H groups in total. The summed E-state index contributed by atoms with van der Waals surface area (Å²) in [5, 5.41) is 7.00. The standard InChI is InChI=1S/C37H44O8S.C31H30Cl2O3S.C29H28O4S.CH4O.5CH4.Na.H/c1-27-7-13-33(14-8-27)46(38,39)34-15-11-32(12-16-34)45-36-18-10-31(24-29(36)26-44-22-20-41-5)37(2,3)30-9-17-35(42-6)28(23-30)25-43-21-19-40-4;1-21-5-12-28(13-6-21)37(34,35)29-14-10-27(11-15-29)36-30-16-9-26(18-24(30)20-33)31(3,4)25-8-7-22(2)23(17-25)19-32;1-21-5-17-27(18-6-21)34(30,31)28-19-15-26(16-20-28)33-25-13-9-23(10-14-25)29(2,3)22-7-11-24(32-4)12-8-22;1-2;;;;;;;/h7-18,23-24H,19-22,25-26H2,1-6H3;5-18H,19-20H2,1-4H3;5-20H,1-4H3;2H,1H3;5*1H4;;/q;;;;;;;;;+1;-1. The molecule has 16 nitrogen and oxygen atoms in total. The molecule has 0 aliphatic carbocycles.